The molecule has 1 atom stereocenters. The Bertz CT molecular complexity index is 873. The summed E-state index contributed by atoms with van der Waals surface area (Å²) in [6.07, 6.45) is 2.44. The first-order valence-corrected chi connectivity index (χ1v) is 10.7. The molecule has 1 aliphatic rings. The van der Waals surface area contributed by atoms with Crippen LogP contribution in [0.5, 0.6) is 0 Å². The summed E-state index contributed by atoms with van der Waals surface area (Å²) < 4.78 is 27.5. The van der Waals surface area contributed by atoms with Gasteiger partial charge in [-0.3, -0.25) is 0 Å². The Hall–Kier alpha value is -2.09. The standard InChI is InChI=1S/C19H22ClN3O3S/c20-15-9-11-18(12-10-15)27(25,26)23-13-5-4-8-17(23)14-21-19(24)22-16-6-2-1-3-7-16/h1-3,6-7,9-12,17H,4-5,8,13-14H2,(H2,21,22,24). The molecule has 0 spiro atoms. The molecule has 1 aliphatic heterocycles. The fraction of sp³-hybridized carbons (Fsp3) is 0.316. The molecule has 2 aromatic rings. The second-order valence-electron chi connectivity index (χ2n) is 6.42. The van der Waals surface area contributed by atoms with E-state index >= 15 is 0 Å². The largest absolute Gasteiger partial charge is 0.336 e. The number of hydrogen-bond donors (Lipinski definition) is 2. The molecule has 1 fully saturated rings. The molecule has 0 bridgehead atoms. The SMILES string of the molecule is O=C(NCC1CCCCN1S(=O)(=O)c1ccc(Cl)cc1)Nc1ccccc1. The summed E-state index contributed by atoms with van der Waals surface area (Å²) in [5.74, 6) is 0. The van der Waals surface area contributed by atoms with Crippen molar-refractivity contribution >= 4 is 33.3 Å². The zero-order valence-corrected chi connectivity index (χ0v) is 16.3. The van der Waals surface area contributed by atoms with Crippen LogP contribution in [-0.2, 0) is 10.0 Å². The van der Waals surface area contributed by atoms with Crippen LogP contribution in [-0.4, -0.2) is 37.9 Å². The molecule has 0 saturated carbocycles. The van der Waals surface area contributed by atoms with E-state index in [-0.39, 0.29) is 23.5 Å². The normalized spacial score (nSPS) is 18.0. The van der Waals surface area contributed by atoms with Gasteiger partial charge in [-0.2, -0.15) is 4.31 Å². The topological polar surface area (TPSA) is 78.5 Å². The molecule has 3 rings (SSSR count). The first-order valence-electron chi connectivity index (χ1n) is 8.84. The van der Waals surface area contributed by atoms with E-state index in [9.17, 15) is 13.2 Å². The number of amides is 2. The van der Waals surface area contributed by atoms with E-state index in [1.54, 1.807) is 24.3 Å². The maximum atomic E-state index is 13.0. The Balaban J connectivity index is 1.66. The Morgan fingerprint density at radius 3 is 2.48 bits per heavy atom. The highest BCUT2D eigenvalue weighted by Crippen LogP contribution is 2.26. The first-order chi connectivity index (χ1) is 13.0. The summed E-state index contributed by atoms with van der Waals surface area (Å²) in [6, 6.07) is 14.6. The van der Waals surface area contributed by atoms with E-state index in [1.165, 1.54) is 16.4 Å². The number of anilines is 1. The molecule has 0 radical (unpaired) electrons. The minimum Gasteiger partial charge on any atom is -0.336 e. The van der Waals surface area contributed by atoms with Gasteiger partial charge in [0.05, 0.1) is 4.90 Å². The molecule has 1 saturated heterocycles. The predicted octanol–water partition coefficient (Wildman–Crippen LogP) is 3.70. The number of nitrogens with one attached hydrogen (secondary N) is 2. The van der Waals surface area contributed by atoms with Crippen molar-refractivity contribution in [3.05, 3.63) is 59.6 Å². The van der Waals surface area contributed by atoms with Gasteiger partial charge in [0.1, 0.15) is 0 Å². The van der Waals surface area contributed by atoms with Gasteiger partial charge in [-0.1, -0.05) is 36.2 Å². The van der Waals surface area contributed by atoms with Crippen LogP contribution in [0.4, 0.5) is 10.5 Å². The lowest BCUT2D eigenvalue weighted by molar-refractivity contribution is 0.231. The molecule has 0 aliphatic carbocycles. The van der Waals surface area contributed by atoms with Crippen LogP contribution in [0.25, 0.3) is 0 Å². The number of piperidine rings is 1. The first kappa shape index (κ1) is 19.7. The van der Waals surface area contributed by atoms with Crippen LogP contribution in [0, 0.1) is 0 Å². The quantitative estimate of drug-likeness (QED) is 0.793. The van der Waals surface area contributed by atoms with Gasteiger partial charge >= 0.3 is 6.03 Å². The summed E-state index contributed by atoms with van der Waals surface area (Å²) >= 11 is 5.86. The van der Waals surface area contributed by atoms with Gasteiger partial charge in [-0.05, 0) is 49.2 Å². The van der Waals surface area contributed by atoms with Gasteiger partial charge in [-0.25, -0.2) is 13.2 Å². The van der Waals surface area contributed by atoms with Gasteiger partial charge in [-0.15, -0.1) is 0 Å². The number of para-hydroxylation sites is 1. The average Bonchev–Trinajstić information content (AvgIpc) is 2.68. The molecule has 6 nitrogen and oxygen atoms in total. The highest BCUT2D eigenvalue weighted by molar-refractivity contribution is 7.89. The van der Waals surface area contributed by atoms with Gasteiger partial charge < -0.3 is 10.6 Å². The summed E-state index contributed by atoms with van der Waals surface area (Å²) in [4.78, 5) is 12.3. The lowest BCUT2D eigenvalue weighted by Crippen LogP contribution is -2.49. The van der Waals surface area contributed by atoms with Crippen molar-refractivity contribution in [1.29, 1.82) is 0 Å². The summed E-state index contributed by atoms with van der Waals surface area (Å²) in [6.45, 7) is 0.698. The van der Waals surface area contributed by atoms with E-state index in [4.69, 9.17) is 11.6 Å². The van der Waals surface area contributed by atoms with Gasteiger partial charge in [0, 0.05) is 29.8 Å². The van der Waals surface area contributed by atoms with Crippen molar-refractivity contribution in [3.63, 3.8) is 0 Å². The summed E-state index contributed by atoms with van der Waals surface area (Å²) in [5.41, 5.74) is 0.685. The molecular weight excluding hydrogens is 386 g/mol. The zero-order chi connectivity index (χ0) is 19.3. The van der Waals surface area contributed by atoms with Crippen molar-refractivity contribution < 1.29 is 13.2 Å². The molecule has 27 heavy (non-hydrogen) atoms. The van der Waals surface area contributed by atoms with Crippen molar-refractivity contribution in [2.75, 3.05) is 18.4 Å². The van der Waals surface area contributed by atoms with Crippen LogP contribution in [0.15, 0.2) is 59.5 Å². The predicted molar refractivity (Wildman–Crippen MR) is 106 cm³/mol. The van der Waals surface area contributed by atoms with Gasteiger partial charge in [0.25, 0.3) is 0 Å². The molecule has 1 heterocycles. The Morgan fingerprint density at radius 2 is 1.78 bits per heavy atom. The number of sulfonamides is 1. The molecule has 2 N–H and O–H groups in total. The molecule has 1 unspecified atom stereocenters. The summed E-state index contributed by atoms with van der Waals surface area (Å²) in [7, 11) is -3.63. The van der Waals surface area contributed by atoms with Crippen molar-refractivity contribution in [2.24, 2.45) is 0 Å². The number of carbonyl (C=O) groups excluding carboxylic acids is 1. The zero-order valence-electron chi connectivity index (χ0n) is 14.8. The number of rotatable bonds is 5. The van der Waals surface area contributed by atoms with Crippen LogP contribution < -0.4 is 10.6 Å². The van der Waals surface area contributed by atoms with Gasteiger partial charge in [0.15, 0.2) is 0 Å². The molecular formula is C19H22ClN3O3S. The molecule has 144 valence electrons. The minimum absolute atomic E-state index is 0.215. The highest BCUT2D eigenvalue weighted by Gasteiger charge is 2.33. The van der Waals surface area contributed by atoms with E-state index in [0.29, 0.717) is 23.7 Å². The van der Waals surface area contributed by atoms with E-state index in [0.717, 1.165) is 12.8 Å². The molecule has 2 aromatic carbocycles. The van der Waals surface area contributed by atoms with E-state index < -0.39 is 10.0 Å². The van der Waals surface area contributed by atoms with Crippen LogP contribution in [0.2, 0.25) is 5.02 Å². The number of nitrogens with zero attached hydrogens (tertiary/aromatic N) is 1. The Morgan fingerprint density at radius 1 is 1.07 bits per heavy atom. The maximum absolute atomic E-state index is 13.0. The fourth-order valence-electron chi connectivity index (χ4n) is 3.14. The third-order valence-corrected chi connectivity index (χ3v) is 6.74. The number of carbonyl (C=O) groups is 1. The van der Waals surface area contributed by atoms with E-state index in [1.807, 2.05) is 18.2 Å². The summed E-state index contributed by atoms with van der Waals surface area (Å²) in [5, 5.41) is 6.02. The van der Waals surface area contributed by atoms with Crippen molar-refractivity contribution in [2.45, 2.75) is 30.2 Å². The molecule has 2 amide bonds. The fourth-order valence-corrected chi connectivity index (χ4v) is 4.96. The number of hydrogen-bond acceptors (Lipinski definition) is 3. The molecule has 8 heteroatoms. The highest BCUT2D eigenvalue weighted by atomic mass is 35.5. The average molecular weight is 408 g/mol. The lowest BCUT2D eigenvalue weighted by Gasteiger charge is -2.34. The Labute approximate surface area is 164 Å². The second kappa shape index (κ2) is 8.73. The number of urea groups is 1. The van der Waals surface area contributed by atoms with Crippen LogP contribution in [0.3, 0.4) is 0 Å². The van der Waals surface area contributed by atoms with Crippen molar-refractivity contribution in [3.8, 4) is 0 Å². The monoisotopic (exact) mass is 407 g/mol. The van der Waals surface area contributed by atoms with Crippen LogP contribution in [0.1, 0.15) is 19.3 Å². The van der Waals surface area contributed by atoms with Gasteiger partial charge in [0.2, 0.25) is 10.0 Å². The smallest absolute Gasteiger partial charge is 0.319 e. The molecule has 0 aromatic heterocycles. The van der Waals surface area contributed by atoms with E-state index in [2.05, 4.69) is 10.6 Å². The number of halogens is 1. The second-order valence-corrected chi connectivity index (χ2v) is 8.75. The Kier molecular flexibility index (Phi) is 6.36. The van der Waals surface area contributed by atoms with Crippen LogP contribution >= 0.6 is 11.6 Å². The third kappa shape index (κ3) is 5.00. The maximum Gasteiger partial charge on any atom is 0.319 e. The lowest BCUT2D eigenvalue weighted by atomic mass is 10.1. The number of benzene rings is 2. The third-order valence-electron chi connectivity index (χ3n) is 4.52. The minimum atomic E-state index is -3.63. The van der Waals surface area contributed by atoms with Crippen molar-refractivity contribution in [1.82, 2.24) is 9.62 Å².